The number of hydrogen-bond donors (Lipinski definition) is 3. The molecule has 1 aromatic carbocycles. The molecule has 108 valence electrons. The first-order valence-electron chi connectivity index (χ1n) is 6.53. The van der Waals surface area contributed by atoms with Crippen molar-refractivity contribution in [3.8, 4) is 5.69 Å². The molecule has 0 aliphatic carbocycles. The fraction of sp³-hybridized carbons (Fsp3) is 0.385. The van der Waals surface area contributed by atoms with Crippen molar-refractivity contribution in [3.63, 3.8) is 0 Å². The molecule has 0 aliphatic rings. The van der Waals surface area contributed by atoms with Crippen LogP contribution in [0.5, 0.6) is 0 Å². The zero-order chi connectivity index (χ0) is 14.5. The van der Waals surface area contributed by atoms with Gasteiger partial charge in [0, 0.05) is 0 Å². The third-order valence-corrected chi connectivity index (χ3v) is 3.41. The minimum atomic E-state index is -0.345. The summed E-state index contributed by atoms with van der Waals surface area (Å²) in [6.07, 6.45) is 2.50. The number of hydrogen-bond acceptors (Lipinski definition) is 4. The van der Waals surface area contributed by atoms with Crippen molar-refractivity contribution < 1.29 is 0 Å². The van der Waals surface area contributed by atoms with Crippen LogP contribution in [0.1, 0.15) is 31.1 Å². The highest BCUT2D eigenvalue weighted by Crippen LogP contribution is 2.22. The van der Waals surface area contributed by atoms with E-state index in [1.165, 1.54) is 4.57 Å². The van der Waals surface area contributed by atoms with E-state index in [4.69, 9.17) is 23.1 Å². The second kappa shape index (κ2) is 6.69. The zero-order valence-electron chi connectivity index (χ0n) is 11.1. The van der Waals surface area contributed by atoms with Gasteiger partial charge in [-0.1, -0.05) is 30.2 Å². The van der Waals surface area contributed by atoms with Crippen LogP contribution in [-0.4, -0.2) is 21.3 Å². The molecule has 0 bridgehead atoms. The van der Waals surface area contributed by atoms with Crippen LogP contribution >= 0.6 is 11.6 Å². The van der Waals surface area contributed by atoms with Gasteiger partial charge >= 0.3 is 5.69 Å². The van der Waals surface area contributed by atoms with E-state index in [1.807, 2.05) is 6.07 Å². The summed E-state index contributed by atoms with van der Waals surface area (Å²) in [5.41, 5.74) is 11.8. The molecule has 1 atom stereocenters. The first-order chi connectivity index (χ1) is 9.65. The molecular formula is C13H18ClN5O. The summed E-state index contributed by atoms with van der Waals surface area (Å²) in [5.74, 6) is 0.486. The Morgan fingerprint density at radius 2 is 2.10 bits per heavy atom. The van der Waals surface area contributed by atoms with Crippen molar-refractivity contribution >= 4 is 11.6 Å². The van der Waals surface area contributed by atoms with E-state index in [0.717, 1.165) is 12.8 Å². The predicted octanol–water partition coefficient (Wildman–Crippen LogP) is 1.34. The molecule has 0 spiro atoms. The van der Waals surface area contributed by atoms with Crippen LogP contribution in [0.3, 0.4) is 0 Å². The lowest BCUT2D eigenvalue weighted by Gasteiger charge is -2.13. The predicted molar refractivity (Wildman–Crippen MR) is 79.0 cm³/mol. The van der Waals surface area contributed by atoms with E-state index in [2.05, 4.69) is 10.2 Å². The number of nitrogens with zero attached hydrogens (tertiary/aromatic N) is 2. The second-order valence-electron chi connectivity index (χ2n) is 4.56. The Hall–Kier alpha value is -1.63. The van der Waals surface area contributed by atoms with Gasteiger partial charge < -0.3 is 11.5 Å². The molecular weight excluding hydrogens is 278 g/mol. The SMILES string of the molecule is NCCCC[C@H](N)c1n[nH]c(=O)n1-c1ccccc1Cl. The Morgan fingerprint density at radius 1 is 1.35 bits per heavy atom. The lowest BCUT2D eigenvalue weighted by Crippen LogP contribution is -2.22. The Bertz CT molecular complexity index is 621. The van der Waals surface area contributed by atoms with Gasteiger partial charge in [-0.3, -0.25) is 0 Å². The van der Waals surface area contributed by atoms with Crippen molar-refractivity contribution in [2.75, 3.05) is 6.54 Å². The molecule has 0 amide bonds. The monoisotopic (exact) mass is 295 g/mol. The van der Waals surface area contributed by atoms with E-state index in [0.29, 0.717) is 29.5 Å². The lowest BCUT2D eigenvalue weighted by atomic mass is 10.1. The van der Waals surface area contributed by atoms with E-state index in [9.17, 15) is 4.79 Å². The first-order valence-corrected chi connectivity index (χ1v) is 6.90. The van der Waals surface area contributed by atoms with E-state index < -0.39 is 0 Å². The molecule has 0 radical (unpaired) electrons. The molecule has 5 N–H and O–H groups in total. The van der Waals surface area contributed by atoms with Gasteiger partial charge in [0.15, 0.2) is 5.82 Å². The average Bonchev–Trinajstić information content (AvgIpc) is 2.81. The summed E-state index contributed by atoms with van der Waals surface area (Å²) in [7, 11) is 0. The highest BCUT2D eigenvalue weighted by Gasteiger charge is 2.18. The molecule has 0 fully saturated rings. The molecule has 0 saturated carbocycles. The van der Waals surface area contributed by atoms with Crippen LogP contribution in [-0.2, 0) is 0 Å². The molecule has 0 unspecified atom stereocenters. The molecule has 1 heterocycles. The van der Waals surface area contributed by atoms with Gasteiger partial charge in [0.1, 0.15) is 0 Å². The number of benzene rings is 1. The maximum absolute atomic E-state index is 11.9. The van der Waals surface area contributed by atoms with Gasteiger partial charge in [-0.15, -0.1) is 0 Å². The minimum Gasteiger partial charge on any atom is -0.330 e. The van der Waals surface area contributed by atoms with Crippen LogP contribution < -0.4 is 17.2 Å². The molecule has 0 saturated heterocycles. The molecule has 2 aromatic rings. The van der Waals surface area contributed by atoms with Crippen molar-refractivity contribution in [1.82, 2.24) is 14.8 Å². The summed E-state index contributed by atoms with van der Waals surface area (Å²) in [6, 6.07) is 6.76. The second-order valence-corrected chi connectivity index (χ2v) is 4.97. The summed E-state index contributed by atoms with van der Waals surface area (Å²) < 4.78 is 1.43. The van der Waals surface area contributed by atoms with Crippen LogP contribution in [0.4, 0.5) is 0 Å². The smallest absolute Gasteiger partial charge is 0.330 e. The number of rotatable bonds is 6. The van der Waals surface area contributed by atoms with Crippen LogP contribution in [0.2, 0.25) is 5.02 Å². The molecule has 1 aromatic heterocycles. The Morgan fingerprint density at radius 3 is 2.80 bits per heavy atom. The quantitative estimate of drug-likeness (QED) is 0.700. The number of halogens is 1. The van der Waals surface area contributed by atoms with Gasteiger partial charge in [-0.25, -0.2) is 14.5 Å². The van der Waals surface area contributed by atoms with Crippen molar-refractivity contribution in [3.05, 3.63) is 45.6 Å². The van der Waals surface area contributed by atoms with Gasteiger partial charge in [-0.2, -0.15) is 5.10 Å². The summed E-state index contributed by atoms with van der Waals surface area (Å²) in [5, 5.41) is 6.93. The van der Waals surface area contributed by atoms with Crippen molar-refractivity contribution in [2.24, 2.45) is 11.5 Å². The number of nitrogens with one attached hydrogen (secondary N) is 1. The number of para-hydroxylation sites is 1. The minimum absolute atomic E-state index is 0.336. The first kappa shape index (κ1) is 14.8. The fourth-order valence-corrected chi connectivity index (χ4v) is 2.28. The van der Waals surface area contributed by atoms with Gasteiger partial charge in [0.25, 0.3) is 0 Å². The van der Waals surface area contributed by atoms with Gasteiger partial charge in [-0.05, 0) is 31.5 Å². The van der Waals surface area contributed by atoms with Crippen LogP contribution in [0.25, 0.3) is 5.69 Å². The van der Waals surface area contributed by atoms with Gasteiger partial charge in [0.05, 0.1) is 16.8 Å². The number of aromatic amines is 1. The standard InChI is InChI=1S/C13H18ClN5O/c14-9-5-1-2-7-11(9)19-12(17-18-13(19)20)10(16)6-3-4-8-15/h1-2,5,7,10H,3-4,6,8,15-16H2,(H,18,20)/t10-/m0/s1. The Balaban J connectivity index is 2.33. The van der Waals surface area contributed by atoms with Crippen LogP contribution in [0.15, 0.2) is 29.1 Å². The Labute approximate surface area is 121 Å². The summed E-state index contributed by atoms with van der Waals surface area (Å²) in [6.45, 7) is 0.630. The molecule has 2 rings (SSSR count). The molecule has 20 heavy (non-hydrogen) atoms. The molecule has 7 heteroatoms. The largest absolute Gasteiger partial charge is 0.348 e. The highest BCUT2D eigenvalue weighted by molar-refractivity contribution is 6.32. The van der Waals surface area contributed by atoms with Crippen molar-refractivity contribution in [2.45, 2.75) is 25.3 Å². The molecule has 6 nitrogen and oxygen atoms in total. The zero-order valence-corrected chi connectivity index (χ0v) is 11.8. The maximum atomic E-state index is 11.9. The summed E-state index contributed by atoms with van der Waals surface area (Å²) in [4.78, 5) is 11.9. The lowest BCUT2D eigenvalue weighted by molar-refractivity contribution is 0.557. The topological polar surface area (TPSA) is 103 Å². The van der Waals surface area contributed by atoms with E-state index >= 15 is 0 Å². The van der Waals surface area contributed by atoms with Crippen molar-refractivity contribution in [1.29, 1.82) is 0 Å². The van der Waals surface area contributed by atoms with Crippen LogP contribution in [0, 0.1) is 0 Å². The third kappa shape index (κ3) is 3.09. The maximum Gasteiger partial charge on any atom is 0.348 e. The number of nitrogens with two attached hydrogens (primary N) is 2. The Kier molecular flexibility index (Phi) is 4.94. The number of H-pyrrole nitrogens is 1. The fourth-order valence-electron chi connectivity index (χ4n) is 2.06. The highest BCUT2D eigenvalue weighted by atomic mass is 35.5. The summed E-state index contributed by atoms with van der Waals surface area (Å²) >= 11 is 6.13. The average molecular weight is 296 g/mol. The number of unbranched alkanes of at least 4 members (excludes halogenated alkanes) is 1. The van der Waals surface area contributed by atoms with E-state index in [1.54, 1.807) is 18.2 Å². The third-order valence-electron chi connectivity index (χ3n) is 3.09. The normalized spacial score (nSPS) is 12.6. The number of aromatic nitrogens is 3. The van der Waals surface area contributed by atoms with Gasteiger partial charge in [0.2, 0.25) is 0 Å². The molecule has 0 aliphatic heterocycles. The van der Waals surface area contributed by atoms with E-state index in [-0.39, 0.29) is 11.7 Å².